The van der Waals surface area contributed by atoms with Gasteiger partial charge in [-0.2, -0.15) is 12.6 Å². The third kappa shape index (κ3) is 7.32. The zero-order chi connectivity index (χ0) is 27.3. The second kappa shape index (κ2) is 12.7. The van der Waals surface area contributed by atoms with Gasteiger partial charge in [0.1, 0.15) is 5.75 Å². The van der Waals surface area contributed by atoms with Crippen molar-refractivity contribution in [3.63, 3.8) is 0 Å². The fourth-order valence-corrected chi connectivity index (χ4v) is 7.30. The predicted molar refractivity (Wildman–Crippen MR) is 167 cm³/mol. The highest BCUT2D eigenvalue weighted by Gasteiger charge is 2.37. The Bertz CT molecular complexity index is 1000. The molecule has 0 aromatic heterocycles. The summed E-state index contributed by atoms with van der Waals surface area (Å²) in [5, 5.41) is 13.3. The Balaban J connectivity index is 2.77. The minimum Gasteiger partial charge on any atom is -0.507 e. The molecule has 202 valence electrons. The largest absolute Gasteiger partial charge is 0.507 e. The summed E-state index contributed by atoms with van der Waals surface area (Å²) >= 11 is 4.67. The van der Waals surface area contributed by atoms with Crippen LogP contribution in [0.15, 0.2) is 30.3 Å². The molecule has 1 N–H and O–H groups in total. The predicted octanol–water partition coefficient (Wildman–Crippen LogP) is 9.94. The monoisotopic (exact) mass is 528 g/mol. The van der Waals surface area contributed by atoms with E-state index in [1.807, 2.05) is 0 Å². The van der Waals surface area contributed by atoms with Gasteiger partial charge in [-0.3, -0.25) is 0 Å². The smallest absolute Gasteiger partial charge is 0.123 e. The number of aromatic hydroxyl groups is 1. The Kier molecular flexibility index (Phi) is 11.0. The van der Waals surface area contributed by atoms with Crippen LogP contribution in [0.5, 0.6) is 5.75 Å². The summed E-state index contributed by atoms with van der Waals surface area (Å²) in [5.41, 5.74) is 6.09. The second-order valence-electron chi connectivity index (χ2n) is 12.8. The molecule has 0 saturated heterocycles. The maximum atomic E-state index is 12.1. The molecule has 0 heterocycles. The molecule has 0 bridgehead atoms. The van der Waals surface area contributed by atoms with Gasteiger partial charge in [-0.1, -0.05) is 132 Å². The van der Waals surface area contributed by atoms with E-state index in [0.29, 0.717) is 20.2 Å². The van der Waals surface area contributed by atoms with Gasteiger partial charge in [-0.05, 0) is 52.9 Å². The molecule has 2 aromatic rings. The summed E-state index contributed by atoms with van der Waals surface area (Å²) < 4.78 is 0. The molecule has 0 amide bonds. The molecule has 0 spiro atoms. The Hall–Kier alpha value is -0.980. The van der Waals surface area contributed by atoms with Crippen molar-refractivity contribution in [2.45, 2.75) is 130 Å². The van der Waals surface area contributed by atoms with Crippen LogP contribution in [0.4, 0.5) is 0 Å². The standard InChI is InChI=1S/C33H53OPS/c1-11-13-15-24(4)32(8,9)27-20-26(31(5,6)7)21-28(30(27)34)33(10,18-14-12-2)35-29-17-16-23(3)19-25(29)22-36/h16-17,19-21,24,34-36H,11-15,18,22H2,1-10H3. The van der Waals surface area contributed by atoms with Crippen LogP contribution in [0.25, 0.3) is 0 Å². The number of thiol groups is 1. The highest BCUT2D eigenvalue weighted by Crippen LogP contribution is 2.53. The highest BCUT2D eigenvalue weighted by molar-refractivity contribution is 7.79. The van der Waals surface area contributed by atoms with Gasteiger partial charge in [0.05, 0.1) is 0 Å². The van der Waals surface area contributed by atoms with Gasteiger partial charge < -0.3 is 5.11 Å². The Morgan fingerprint density at radius 2 is 1.53 bits per heavy atom. The number of hydrogen-bond acceptors (Lipinski definition) is 2. The third-order valence-corrected chi connectivity index (χ3v) is 10.5. The van der Waals surface area contributed by atoms with Crippen LogP contribution in [0.1, 0.15) is 129 Å². The van der Waals surface area contributed by atoms with Crippen molar-refractivity contribution in [2.24, 2.45) is 5.92 Å². The van der Waals surface area contributed by atoms with Crippen molar-refractivity contribution in [1.29, 1.82) is 0 Å². The first-order chi connectivity index (χ1) is 16.7. The first-order valence-corrected chi connectivity index (χ1v) is 15.7. The first kappa shape index (κ1) is 31.2. The summed E-state index contributed by atoms with van der Waals surface area (Å²) in [6.45, 7) is 23.0. The van der Waals surface area contributed by atoms with Crippen LogP contribution in [0.3, 0.4) is 0 Å². The summed E-state index contributed by atoms with van der Waals surface area (Å²) in [7, 11) is 0.580. The average Bonchev–Trinajstić information content (AvgIpc) is 2.81. The van der Waals surface area contributed by atoms with E-state index in [-0.39, 0.29) is 16.0 Å². The molecule has 3 heteroatoms. The number of phenolic OH excluding ortho intramolecular Hbond substituents is 1. The quantitative estimate of drug-likeness (QED) is 0.207. The van der Waals surface area contributed by atoms with Gasteiger partial charge in [0, 0.05) is 22.0 Å². The molecule has 0 saturated carbocycles. The number of hydrogen-bond donors (Lipinski definition) is 2. The molecule has 0 aliphatic heterocycles. The van der Waals surface area contributed by atoms with Crippen LogP contribution in [-0.2, 0) is 21.7 Å². The SMILES string of the molecule is CCCCC(C)C(C)(C)c1cc(C(C)(C)C)cc(C(C)(CCCC)Pc2ccc(C)cc2CS)c1O. The topological polar surface area (TPSA) is 20.2 Å². The summed E-state index contributed by atoms with van der Waals surface area (Å²) in [4.78, 5) is 0. The van der Waals surface area contributed by atoms with E-state index in [0.717, 1.165) is 36.1 Å². The van der Waals surface area contributed by atoms with Crippen LogP contribution < -0.4 is 5.30 Å². The third-order valence-electron chi connectivity index (χ3n) is 8.36. The summed E-state index contributed by atoms with van der Waals surface area (Å²) in [6.07, 6.45) is 6.98. The van der Waals surface area contributed by atoms with Gasteiger partial charge in [-0.15, -0.1) is 0 Å². The van der Waals surface area contributed by atoms with Crippen LogP contribution in [0.2, 0.25) is 0 Å². The molecular formula is C33H53OPS. The number of aryl methyl sites for hydroxylation is 1. The summed E-state index contributed by atoms with van der Waals surface area (Å²) in [6, 6.07) is 11.5. The fourth-order valence-electron chi connectivity index (χ4n) is 5.18. The van der Waals surface area contributed by atoms with Crippen LogP contribution in [-0.4, -0.2) is 5.11 Å². The molecule has 36 heavy (non-hydrogen) atoms. The lowest BCUT2D eigenvalue weighted by Crippen LogP contribution is -2.29. The Morgan fingerprint density at radius 1 is 0.917 bits per heavy atom. The molecule has 0 aliphatic rings. The fraction of sp³-hybridized carbons (Fsp3) is 0.636. The minimum atomic E-state index is -0.133. The number of phenols is 1. The summed E-state index contributed by atoms with van der Waals surface area (Å²) in [5.74, 6) is 1.76. The van der Waals surface area contributed by atoms with Gasteiger partial charge in [0.15, 0.2) is 0 Å². The van der Waals surface area contributed by atoms with Crippen LogP contribution >= 0.6 is 21.2 Å². The van der Waals surface area contributed by atoms with Crippen molar-refractivity contribution >= 4 is 26.5 Å². The molecule has 0 fully saturated rings. The van der Waals surface area contributed by atoms with Crippen molar-refractivity contribution in [2.75, 3.05) is 0 Å². The van der Waals surface area contributed by atoms with Crippen molar-refractivity contribution in [1.82, 2.24) is 0 Å². The maximum absolute atomic E-state index is 12.1. The average molecular weight is 529 g/mol. The lowest BCUT2D eigenvalue weighted by Gasteiger charge is -2.39. The van der Waals surface area contributed by atoms with E-state index in [9.17, 15) is 5.11 Å². The van der Waals surface area contributed by atoms with E-state index in [1.54, 1.807) is 0 Å². The van der Waals surface area contributed by atoms with Gasteiger partial charge in [0.2, 0.25) is 0 Å². The lowest BCUT2D eigenvalue weighted by atomic mass is 9.69. The molecule has 0 radical (unpaired) electrons. The Labute approximate surface area is 230 Å². The number of rotatable bonds is 12. The van der Waals surface area contributed by atoms with Gasteiger partial charge >= 0.3 is 0 Å². The molecular weight excluding hydrogens is 475 g/mol. The van der Waals surface area contributed by atoms with E-state index in [4.69, 9.17) is 0 Å². The van der Waals surface area contributed by atoms with Gasteiger partial charge in [0.25, 0.3) is 0 Å². The molecule has 0 aliphatic carbocycles. The van der Waals surface area contributed by atoms with Crippen molar-refractivity contribution in [3.05, 3.63) is 58.1 Å². The normalized spacial score (nSPS) is 15.4. The van der Waals surface area contributed by atoms with Crippen molar-refractivity contribution < 1.29 is 5.11 Å². The maximum Gasteiger partial charge on any atom is 0.123 e. The van der Waals surface area contributed by atoms with Crippen molar-refractivity contribution in [3.8, 4) is 5.75 Å². The van der Waals surface area contributed by atoms with Crippen LogP contribution in [0, 0.1) is 12.8 Å². The lowest BCUT2D eigenvalue weighted by molar-refractivity contribution is 0.303. The van der Waals surface area contributed by atoms with E-state index >= 15 is 0 Å². The molecule has 3 atom stereocenters. The van der Waals surface area contributed by atoms with E-state index in [1.165, 1.54) is 41.3 Å². The number of benzene rings is 2. The minimum absolute atomic E-state index is 0.00876. The second-order valence-corrected chi connectivity index (χ2v) is 15.0. The molecule has 3 unspecified atom stereocenters. The molecule has 1 nitrogen and oxygen atoms in total. The zero-order valence-corrected chi connectivity index (χ0v) is 26.7. The molecule has 2 aromatic carbocycles. The van der Waals surface area contributed by atoms with E-state index in [2.05, 4.69) is 112 Å². The highest BCUT2D eigenvalue weighted by atomic mass is 32.1. The van der Waals surface area contributed by atoms with Gasteiger partial charge in [-0.25, -0.2) is 0 Å². The first-order valence-electron chi connectivity index (χ1n) is 14.1. The number of unbranched alkanes of at least 4 members (excludes halogenated alkanes) is 2. The Morgan fingerprint density at radius 3 is 2.08 bits per heavy atom. The zero-order valence-electron chi connectivity index (χ0n) is 24.8. The van der Waals surface area contributed by atoms with E-state index < -0.39 is 0 Å². The molecule has 2 rings (SSSR count).